The molecule has 190 valence electrons. The maximum absolute atomic E-state index is 13.1. The molecule has 0 saturated carbocycles. The zero-order valence-corrected chi connectivity index (χ0v) is 21.3. The van der Waals surface area contributed by atoms with Crippen LogP contribution < -0.4 is 5.32 Å². The predicted molar refractivity (Wildman–Crippen MR) is 143 cm³/mol. The van der Waals surface area contributed by atoms with Gasteiger partial charge < -0.3 is 20.1 Å². The Morgan fingerprint density at radius 2 is 1.39 bits per heavy atom. The van der Waals surface area contributed by atoms with Gasteiger partial charge in [-0.1, -0.05) is 98.8 Å². The van der Waals surface area contributed by atoms with Crippen molar-refractivity contribution in [3.8, 4) is 11.1 Å². The van der Waals surface area contributed by atoms with E-state index in [-0.39, 0.29) is 31.1 Å². The lowest BCUT2D eigenvalue weighted by Crippen LogP contribution is -2.50. The molecule has 0 radical (unpaired) electrons. The van der Waals surface area contributed by atoms with E-state index in [1.807, 2.05) is 69.3 Å². The van der Waals surface area contributed by atoms with Crippen molar-refractivity contribution in [2.45, 2.75) is 45.9 Å². The van der Waals surface area contributed by atoms with E-state index in [9.17, 15) is 14.7 Å². The van der Waals surface area contributed by atoms with Crippen LogP contribution in [0.2, 0.25) is 0 Å². The van der Waals surface area contributed by atoms with Crippen LogP contribution in [-0.2, 0) is 22.6 Å². The molecule has 3 aromatic rings. The minimum Gasteiger partial charge on any atom is -0.479 e. The van der Waals surface area contributed by atoms with Gasteiger partial charge in [-0.15, -0.1) is 0 Å². The van der Waals surface area contributed by atoms with E-state index in [1.165, 1.54) is 0 Å². The number of carbonyl (C=O) groups is 2. The Balaban J connectivity index is 1.59. The second-order valence-corrected chi connectivity index (χ2v) is 9.54. The molecule has 2 amide bonds. The van der Waals surface area contributed by atoms with Gasteiger partial charge in [0.2, 0.25) is 0 Å². The summed E-state index contributed by atoms with van der Waals surface area (Å²) < 4.78 is 5.68. The van der Waals surface area contributed by atoms with Gasteiger partial charge in [0.05, 0.1) is 13.2 Å². The average Bonchev–Trinajstić information content (AvgIpc) is 2.87. The fourth-order valence-corrected chi connectivity index (χ4v) is 4.02. The number of urea groups is 1. The Bertz CT molecular complexity index is 1080. The lowest BCUT2D eigenvalue weighted by molar-refractivity contribution is -0.152. The molecule has 6 nitrogen and oxygen atoms in total. The van der Waals surface area contributed by atoms with Gasteiger partial charge in [0.1, 0.15) is 0 Å². The van der Waals surface area contributed by atoms with E-state index >= 15 is 0 Å². The topological polar surface area (TPSA) is 78.9 Å². The number of rotatable bonds is 12. The number of hydrogen-bond donors (Lipinski definition) is 2. The molecule has 2 atom stereocenters. The van der Waals surface area contributed by atoms with E-state index < -0.39 is 12.1 Å². The number of carboxylic acid groups (broad SMARTS) is 1. The molecule has 0 bridgehead atoms. The van der Waals surface area contributed by atoms with Crippen LogP contribution in [0.3, 0.4) is 0 Å². The highest BCUT2D eigenvalue weighted by molar-refractivity contribution is 5.77. The average molecular weight is 489 g/mol. The molecule has 0 spiro atoms. The number of nitrogens with one attached hydrogen (secondary N) is 1. The van der Waals surface area contributed by atoms with Crippen LogP contribution >= 0.6 is 0 Å². The molecule has 2 unspecified atom stereocenters. The number of amides is 2. The first-order valence-corrected chi connectivity index (χ1v) is 12.4. The monoisotopic (exact) mass is 488 g/mol. The van der Waals surface area contributed by atoms with Crippen LogP contribution in [0, 0.1) is 5.92 Å². The number of hydrogen-bond acceptors (Lipinski definition) is 3. The fourth-order valence-electron chi connectivity index (χ4n) is 4.02. The molecular formula is C30H36N2O4. The second-order valence-electron chi connectivity index (χ2n) is 9.54. The normalized spacial score (nSPS) is 12.7. The van der Waals surface area contributed by atoms with Crippen molar-refractivity contribution in [3.63, 3.8) is 0 Å². The van der Waals surface area contributed by atoms with Crippen molar-refractivity contribution in [1.82, 2.24) is 10.2 Å². The van der Waals surface area contributed by atoms with Crippen molar-refractivity contribution in [3.05, 3.63) is 96.1 Å². The van der Waals surface area contributed by atoms with E-state index in [4.69, 9.17) is 4.74 Å². The molecular weight excluding hydrogens is 452 g/mol. The van der Waals surface area contributed by atoms with Crippen molar-refractivity contribution in [2.75, 3.05) is 13.1 Å². The van der Waals surface area contributed by atoms with E-state index in [1.54, 1.807) is 4.90 Å². The molecule has 2 N–H and O–H groups in total. The molecule has 0 heterocycles. The fraction of sp³-hybridized carbons (Fsp3) is 0.333. The molecule has 3 rings (SSSR count). The molecule has 0 aliphatic heterocycles. The highest BCUT2D eigenvalue weighted by Gasteiger charge is 2.26. The zero-order valence-electron chi connectivity index (χ0n) is 21.3. The quantitative estimate of drug-likeness (QED) is 0.347. The predicted octanol–water partition coefficient (Wildman–Crippen LogP) is 5.62. The van der Waals surface area contributed by atoms with Crippen LogP contribution in [0.25, 0.3) is 11.1 Å². The molecule has 3 aromatic carbocycles. The Hall–Kier alpha value is -3.64. The standard InChI is InChI=1S/C30H36N2O4/c1-22(2)19-32(20-28(29(33)34)36-21-25-10-6-4-7-11-25)30(35)31-23(3)18-24-14-16-27(17-15-24)26-12-8-5-9-13-26/h4-17,22-23,28H,18-21H2,1-3H3,(H,31,35)(H,33,34). The Kier molecular flexibility index (Phi) is 10.1. The lowest BCUT2D eigenvalue weighted by atomic mass is 10.0. The SMILES string of the molecule is CC(C)CN(CC(OCc1ccccc1)C(=O)O)C(=O)NC(C)Cc1ccc(-c2ccccc2)cc1. The minimum atomic E-state index is -1.12. The third kappa shape index (κ3) is 8.54. The highest BCUT2D eigenvalue weighted by Crippen LogP contribution is 2.20. The summed E-state index contributed by atoms with van der Waals surface area (Å²) in [5, 5.41) is 12.8. The molecule has 36 heavy (non-hydrogen) atoms. The van der Waals surface area contributed by atoms with Gasteiger partial charge in [-0.25, -0.2) is 9.59 Å². The van der Waals surface area contributed by atoms with Gasteiger partial charge in [-0.2, -0.15) is 0 Å². The molecule has 0 aromatic heterocycles. The van der Waals surface area contributed by atoms with Crippen LogP contribution in [0.1, 0.15) is 31.9 Å². The minimum absolute atomic E-state index is 0.0231. The Labute approximate surface area is 213 Å². The van der Waals surface area contributed by atoms with E-state index in [2.05, 4.69) is 41.7 Å². The summed E-state index contributed by atoms with van der Waals surface area (Å²) in [6.45, 7) is 6.53. The summed E-state index contributed by atoms with van der Waals surface area (Å²) in [6, 6.07) is 27.5. The third-order valence-electron chi connectivity index (χ3n) is 5.80. The van der Waals surface area contributed by atoms with Gasteiger partial charge >= 0.3 is 12.0 Å². The van der Waals surface area contributed by atoms with Crippen LogP contribution in [-0.4, -0.2) is 47.2 Å². The Morgan fingerprint density at radius 1 is 0.806 bits per heavy atom. The van der Waals surface area contributed by atoms with Crippen molar-refractivity contribution >= 4 is 12.0 Å². The lowest BCUT2D eigenvalue weighted by Gasteiger charge is -2.29. The first-order valence-electron chi connectivity index (χ1n) is 12.4. The maximum Gasteiger partial charge on any atom is 0.334 e. The van der Waals surface area contributed by atoms with Crippen LogP contribution in [0.15, 0.2) is 84.9 Å². The first-order chi connectivity index (χ1) is 17.3. The van der Waals surface area contributed by atoms with Crippen molar-refractivity contribution in [1.29, 1.82) is 0 Å². The van der Waals surface area contributed by atoms with Gasteiger partial charge in [0.25, 0.3) is 0 Å². The zero-order chi connectivity index (χ0) is 25.9. The van der Waals surface area contributed by atoms with Crippen molar-refractivity contribution < 1.29 is 19.4 Å². The number of ether oxygens (including phenoxy) is 1. The number of carboxylic acids is 1. The number of aliphatic carboxylic acids is 1. The number of benzene rings is 3. The number of carbonyl (C=O) groups excluding carboxylic acids is 1. The Morgan fingerprint density at radius 3 is 1.97 bits per heavy atom. The molecule has 0 fully saturated rings. The van der Waals surface area contributed by atoms with Crippen molar-refractivity contribution in [2.24, 2.45) is 5.92 Å². The van der Waals surface area contributed by atoms with Gasteiger partial charge in [-0.3, -0.25) is 0 Å². The largest absolute Gasteiger partial charge is 0.479 e. The summed E-state index contributed by atoms with van der Waals surface area (Å²) in [4.78, 5) is 26.5. The van der Waals surface area contributed by atoms with Gasteiger partial charge in [0.15, 0.2) is 6.10 Å². The highest BCUT2D eigenvalue weighted by atomic mass is 16.5. The summed E-state index contributed by atoms with van der Waals surface area (Å²) in [6.07, 6.45) is -0.445. The third-order valence-corrected chi connectivity index (χ3v) is 5.80. The van der Waals surface area contributed by atoms with Crippen LogP contribution in [0.5, 0.6) is 0 Å². The summed E-state index contributed by atoms with van der Waals surface area (Å²) in [7, 11) is 0. The summed E-state index contributed by atoms with van der Waals surface area (Å²) >= 11 is 0. The maximum atomic E-state index is 13.1. The van der Waals surface area contributed by atoms with E-state index in [0.717, 1.165) is 22.3 Å². The van der Waals surface area contributed by atoms with Crippen LogP contribution in [0.4, 0.5) is 4.79 Å². The summed E-state index contributed by atoms with van der Waals surface area (Å²) in [5.41, 5.74) is 4.31. The smallest absolute Gasteiger partial charge is 0.334 e. The van der Waals surface area contributed by atoms with Gasteiger partial charge in [-0.05, 0) is 41.5 Å². The van der Waals surface area contributed by atoms with Gasteiger partial charge in [0, 0.05) is 12.6 Å². The van der Waals surface area contributed by atoms with E-state index in [0.29, 0.717) is 13.0 Å². The first kappa shape index (κ1) is 27.0. The number of nitrogens with zero attached hydrogens (tertiary/aromatic N) is 1. The molecule has 0 aliphatic rings. The molecule has 0 aliphatic carbocycles. The summed E-state index contributed by atoms with van der Waals surface area (Å²) in [5.74, 6) is -0.904. The molecule has 6 heteroatoms. The molecule has 0 saturated heterocycles. The second kappa shape index (κ2) is 13.4.